The number of ketones is 1. The molecule has 0 bridgehead atoms. The summed E-state index contributed by atoms with van der Waals surface area (Å²) in [7, 11) is 0. The number of carboxylic acid groups (broad SMARTS) is 1. The first kappa shape index (κ1) is 23.0. The van der Waals surface area contributed by atoms with Gasteiger partial charge in [-0.15, -0.1) is 0 Å². The van der Waals surface area contributed by atoms with Crippen LogP contribution in [0.15, 0.2) is 24.3 Å². The van der Waals surface area contributed by atoms with Crippen LogP contribution >= 0.6 is 0 Å². The molecule has 0 heterocycles. The number of aliphatic hydroxyl groups is 1. The highest BCUT2D eigenvalue weighted by Crippen LogP contribution is 2.53. The second-order valence-electron chi connectivity index (χ2n) is 9.60. The average molecular weight is 415 g/mol. The monoisotopic (exact) mass is 414 g/mol. The summed E-state index contributed by atoms with van der Waals surface area (Å²) in [6.45, 7) is 2.19. The molecular weight excluding hydrogens is 376 g/mol. The number of hydrogen-bond donors (Lipinski definition) is 2. The maximum Gasteiger partial charge on any atom is 0.303 e. The molecule has 166 valence electrons. The number of hydrogen-bond acceptors (Lipinski definition) is 3. The fourth-order valence-corrected chi connectivity index (χ4v) is 5.77. The smallest absolute Gasteiger partial charge is 0.303 e. The van der Waals surface area contributed by atoms with Crippen LogP contribution in [0.1, 0.15) is 114 Å². The lowest BCUT2D eigenvalue weighted by Gasteiger charge is -2.46. The van der Waals surface area contributed by atoms with Crippen molar-refractivity contribution < 1.29 is 19.8 Å². The van der Waals surface area contributed by atoms with Gasteiger partial charge in [-0.05, 0) is 55.6 Å². The highest BCUT2D eigenvalue weighted by Gasteiger charge is 2.43. The molecule has 1 aromatic carbocycles. The Morgan fingerprint density at radius 2 is 1.97 bits per heavy atom. The van der Waals surface area contributed by atoms with Gasteiger partial charge < -0.3 is 10.2 Å². The molecule has 0 radical (unpaired) electrons. The number of rotatable bonds is 12. The van der Waals surface area contributed by atoms with Crippen molar-refractivity contribution in [3.8, 4) is 0 Å². The van der Waals surface area contributed by atoms with Crippen molar-refractivity contribution in [2.75, 3.05) is 0 Å². The molecule has 3 unspecified atom stereocenters. The van der Waals surface area contributed by atoms with E-state index in [4.69, 9.17) is 5.11 Å². The maximum absolute atomic E-state index is 12.6. The lowest BCUT2D eigenvalue weighted by molar-refractivity contribution is -0.137. The number of benzene rings is 1. The van der Waals surface area contributed by atoms with Gasteiger partial charge in [-0.2, -0.15) is 0 Å². The normalized spacial score (nSPS) is 23.9. The Morgan fingerprint density at radius 1 is 1.20 bits per heavy atom. The van der Waals surface area contributed by atoms with E-state index in [9.17, 15) is 14.7 Å². The first-order chi connectivity index (χ1) is 14.5. The van der Waals surface area contributed by atoms with Gasteiger partial charge in [0.1, 0.15) is 5.78 Å². The molecule has 1 aromatic rings. The van der Waals surface area contributed by atoms with Gasteiger partial charge in [-0.1, -0.05) is 63.3 Å². The molecule has 2 aliphatic carbocycles. The zero-order chi connectivity index (χ0) is 21.6. The number of carbonyl (C=O) groups is 2. The second kappa shape index (κ2) is 10.6. The first-order valence-electron chi connectivity index (χ1n) is 12.0. The minimum Gasteiger partial charge on any atom is -0.481 e. The molecule has 0 amide bonds. The molecule has 2 fully saturated rings. The number of aliphatic hydroxyl groups excluding tert-OH is 1. The molecule has 2 aliphatic rings. The van der Waals surface area contributed by atoms with E-state index in [1.807, 2.05) is 0 Å². The average Bonchev–Trinajstić information content (AvgIpc) is 3.07. The van der Waals surface area contributed by atoms with Crippen LogP contribution in [0.5, 0.6) is 0 Å². The second-order valence-corrected chi connectivity index (χ2v) is 9.60. The van der Waals surface area contributed by atoms with E-state index >= 15 is 0 Å². The minimum absolute atomic E-state index is 0.0498. The third-order valence-corrected chi connectivity index (χ3v) is 7.59. The molecule has 2 saturated carbocycles. The molecular formula is C26H38O4. The Kier molecular flexibility index (Phi) is 8.10. The third-order valence-electron chi connectivity index (χ3n) is 7.59. The molecule has 0 spiro atoms. The van der Waals surface area contributed by atoms with Gasteiger partial charge in [0.15, 0.2) is 0 Å². The standard InChI is InChI=1S/C26H38O4/c1-2-15-26(16-8-17-26)25(30)20-10-7-9-19(18-20)21-13-14-23(27)22(21)11-5-3-4-6-12-24(28)29/h7,9-10,18,21-22,25,30H,2-6,8,11-17H2,1H3,(H,28,29). The molecule has 4 nitrogen and oxygen atoms in total. The lowest BCUT2D eigenvalue weighted by Crippen LogP contribution is -2.36. The summed E-state index contributed by atoms with van der Waals surface area (Å²) in [5.41, 5.74) is 2.28. The van der Waals surface area contributed by atoms with Crippen LogP contribution in [0.25, 0.3) is 0 Å². The first-order valence-corrected chi connectivity index (χ1v) is 12.0. The van der Waals surface area contributed by atoms with E-state index in [1.54, 1.807) is 0 Å². The van der Waals surface area contributed by atoms with Crippen molar-refractivity contribution in [2.24, 2.45) is 11.3 Å². The minimum atomic E-state index is -0.731. The summed E-state index contributed by atoms with van der Waals surface area (Å²) >= 11 is 0. The van der Waals surface area contributed by atoms with Crippen LogP contribution in [0.2, 0.25) is 0 Å². The molecule has 3 atom stereocenters. The van der Waals surface area contributed by atoms with Gasteiger partial charge in [-0.25, -0.2) is 0 Å². The molecule has 0 saturated heterocycles. The Hall–Kier alpha value is -1.68. The number of carboxylic acids is 1. The molecule has 0 aromatic heterocycles. The fraction of sp³-hybridized carbons (Fsp3) is 0.692. The van der Waals surface area contributed by atoms with Crippen LogP contribution in [-0.2, 0) is 9.59 Å². The SMILES string of the molecule is CCCC1(C(O)c2cccc(C3CCC(=O)C3CCCCCCC(=O)O)c2)CCC1. The van der Waals surface area contributed by atoms with Gasteiger partial charge in [0.05, 0.1) is 6.10 Å². The Bertz CT molecular complexity index is 721. The number of Topliss-reactive ketones (excluding diaryl/α,β-unsaturated/α-hetero) is 1. The topological polar surface area (TPSA) is 74.6 Å². The predicted molar refractivity (Wildman–Crippen MR) is 118 cm³/mol. The quantitative estimate of drug-likeness (QED) is 0.401. The Balaban J connectivity index is 1.62. The van der Waals surface area contributed by atoms with Crippen LogP contribution in [0.3, 0.4) is 0 Å². The van der Waals surface area contributed by atoms with E-state index in [1.165, 1.54) is 12.0 Å². The van der Waals surface area contributed by atoms with E-state index in [0.717, 1.165) is 69.8 Å². The van der Waals surface area contributed by atoms with Crippen molar-refractivity contribution >= 4 is 11.8 Å². The van der Waals surface area contributed by atoms with Crippen LogP contribution < -0.4 is 0 Å². The van der Waals surface area contributed by atoms with Crippen LogP contribution in [0, 0.1) is 11.3 Å². The fourth-order valence-electron chi connectivity index (χ4n) is 5.77. The van der Waals surface area contributed by atoms with Gasteiger partial charge in [0.25, 0.3) is 0 Å². The molecule has 3 rings (SSSR count). The molecule has 30 heavy (non-hydrogen) atoms. The number of carbonyl (C=O) groups excluding carboxylic acids is 1. The zero-order valence-electron chi connectivity index (χ0n) is 18.4. The molecule has 2 N–H and O–H groups in total. The summed E-state index contributed by atoms with van der Waals surface area (Å²) < 4.78 is 0. The third kappa shape index (κ3) is 5.32. The van der Waals surface area contributed by atoms with Crippen molar-refractivity contribution in [2.45, 2.75) is 102 Å². The highest BCUT2D eigenvalue weighted by atomic mass is 16.4. The van der Waals surface area contributed by atoms with E-state index in [-0.39, 0.29) is 23.7 Å². The maximum atomic E-state index is 12.6. The van der Waals surface area contributed by atoms with Crippen molar-refractivity contribution in [1.29, 1.82) is 0 Å². The van der Waals surface area contributed by atoms with Gasteiger partial charge in [0, 0.05) is 24.2 Å². The summed E-state index contributed by atoms with van der Waals surface area (Å²) in [5.74, 6) is -0.0268. The Labute approximate surface area is 181 Å². The van der Waals surface area contributed by atoms with Crippen LogP contribution in [-0.4, -0.2) is 22.0 Å². The number of unbranched alkanes of at least 4 members (excludes halogenated alkanes) is 3. The van der Waals surface area contributed by atoms with Gasteiger partial charge >= 0.3 is 5.97 Å². The summed E-state index contributed by atoms with van der Waals surface area (Å²) in [6, 6.07) is 8.41. The summed E-state index contributed by atoms with van der Waals surface area (Å²) in [5, 5.41) is 19.9. The molecule has 4 heteroatoms. The van der Waals surface area contributed by atoms with Crippen molar-refractivity contribution in [3.05, 3.63) is 35.4 Å². The van der Waals surface area contributed by atoms with Gasteiger partial charge in [-0.3, -0.25) is 9.59 Å². The van der Waals surface area contributed by atoms with Crippen LogP contribution in [0.4, 0.5) is 0 Å². The van der Waals surface area contributed by atoms with Gasteiger partial charge in [0.2, 0.25) is 0 Å². The predicted octanol–water partition coefficient (Wildman–Crippen LogP) is 6.18. The number of aliphatic carboxylic acids is 1. The van der Waals surface area contributed by atoms with Crippen molar-refractivity contribution in [1.82, 2.24) is 0 Å². The summed E-state index contributed by atoms with van der Waals surface area (Å²) in [6.07, 6.45) is 11.5. The highest BCUT2D eigenvalue weighted by molar-refractivity contribution is 5.84. The van der Waals surface area contributed by atoms with E-state index in [2.05, 4.69) is 31.2 Å². The van der Waals surface area contributed by atoms with Crippen molar-refractivity contribution in [3.63, 3.8) is 0 Å². The lowest BCUT2D eigenvalue weighted by atomic mass is 9.61. The molecule has 0 aliphatic heterocycles. The Morgan fingerprint density at radius 3 is 2.63 bits per heavy atom. The van der Waals surface area contributed by atoms with E-state index < -0.39 is 12.1 Å². The van der Waals surface area contributed by atoms with E-state index in [0.29, 0.717) is 12.2 Å². The summed E-state index contributed by atoms with van der Waals surface area (Å²) in [4.78, 5) is 23.2. The largest absolute Gasteiger partial charge is 0.481 e. The zero-order valence-corrected chi connectivity index (χ0v) is 18.4.